The van der Waals surface area contributed by atoms with Gasteiger partial charge in [0.25, 0.3) is 5.91 Å². The molecule has 1 saturated heterocycles. The third-order valence-corrected chi connectivity index (χ3v) is 6.78. The van der Waals surface area contributed by atoms with Crippen molar-refractivity contribution in [3.63, 3.8) is 0 Å². The highest BCUT2D eigenvalue weighted by Gasteiger charge is 2.29. The molecule has 1 atom stereocenters. The van der Waals surface area contributed by atoms with E-state index < -0.39 is 0 Å². The third kappa shape index (κ3) is 4.31. The first-order valence-corrected chi connectivity index (χ1v) is 11.1. The summed E-state index contributed by atoms with van der Waals surface area (Å²) >= 11 is 3.01. The van der Waals surface area contributed by atoms with Crippen molar-refractivity contribution in [2.75, 3.05) is 25.0 Å². The average Bonchev–Trinajstić information content (AvgIpc) is 3.25. The Morgan fingerprint density at radius 1 is 1.21 bits per heavy atom. The van der Waals surface area contributed by atoms with Gasteiger partial charge < -0.3 is 15.0 Å². The van der Waals surface area contributed by atoms with Crippen LogP contribution < -0.4 is 5.32 Å². The lowest BCUT2D eigenvalue weighted by molar-refractivity contribution is -0.0246. The second-order valence-electron chi connectivity index (χ2n) is 7.09. The number of morpholine rings is 1. The zero-order valence-corrected chi connectivity index (χ0v) is 18.5. The van der Waals surface area contributed by atoms with Crippen molar-refractivity contribution in [2.45, 2.75) is 33.8 Å². The number of aryl methyl sites for hydroxylation is 4. The predicted molar refractivity (Wildman–Crippen MR) is 115 cm³/mol. The number of hydrogen-bond acceptors (Lipinski definition) is 8. The normalized spacial score (nSPS) is 16.8. The van der Waals surface area contributed by atoms with Gasteiger partial charge in [0.2, 0.25) is 0 Å². The topological polar surface area (TPSA) is 80.2 Å². The zero-order valence-electron chi connectivity index (χ0n) is 16.9. The van der Waals surface area contributed by atoms with Crippen molar-refractivity contribution in [3.8, 4) is 0 Å². The average molecular weight is 430 g/mol. The standard InChI is InChI=1S/C20H23N5O2S2/c1-11-7-15(24-20-23-12(2)14(4)29-20)8-16(22-11)17-9-25(5-6-27-17)19(26)18-13(3)21-10-28-18/h7-8,10,17H,5-6,9H2,1-4H3,(H,22,23,24)/t17-/m0/s1. The lowest BCUT2D eigenvalue weighted by Crippen LogP contribution is -2.42. The maximum Gasteiger partial charge on any atom is 0.266 e. The van der Waals surface area contributed by atoms with Crippen LogP contribution >= 0.6 is 22.7 Å². The molecule has 152 valence electrons. The zero-order chi connectivity index (χ0) is 20.5. The van der Waals surface area contributed by atoms with E-state index >= 15 is 0 Å². The number of aromatic nitrogens is 3. The Kier molecular flexibility index (Phi) is 5.62. The highest BCUT2D eigenvalue weighted by atomic mass is 32.1. The molecule has 3 aromatic rings. The van der Waals surface area contributed by atoms with Gasteiger partial charge in [0.1, 0.15) is 11.0 Å². The number of nitrogens with zero attached hydrogens (tertiary/aromatic N) is 4. The number of anilines is 2. The molecule has 0 aromatic carbocycles. The number of pyridine rings is 1. The van der Waals surface area contributed by atoms with Crippen LogP contribution in [0.3, 0.4) is 0 Å². The Labute approximate surface area is 177 Å². The summed E-state index contributed by atoms with van der Waals surface area (Å²) in [6.07, 6.45) is -0.263. The first-order chi connectivity index (χ1) is 13.9. The van der Waals surface area contributed by atoms with Gasteiger partial charge in [0.05, 0.1) is 35.7 Å². The lowest BCUT2D eigenvalue weighted by Gasteiger charge is -2.32. The van der Waals surface area contributed by atoms with Crippen LogP contribution in [0.4, 0.5) is 10.8 Å². The van der Waals surface area contributed by atoms with Gasteiger partial charge in [0, 0.05) is 22.8 Å². The minimum atomic E-state index is -0.263. The highest BCUT2D eigenvalue weighted by molar-refractivity contribution is 7.15. The van der Waals surface area contributed by atoms with E-state index in [0.717, 1.165) is 33.6 Å². The van der Waals surface area contributed by atoms with Gasteiger partial charge >= 0.3 is 0 Å². The molecule has 0 aliphatic carbocycles. The van der Waals surface area contributed by atoms with Crippen molar-refractivity contribution in [2.24, 2.45) is 0 Å². The maximum absolute atomic E-state index is 12.9. The van der Waals surface area contributed by atoms with Gasteiger partial charge in [-0.15, -0.1) is 22.7 Å². The number of carbonyl (C=O) groups is 1. The highest BCUT2D eigenvalue weighted by Crippen LogP contribution is 2.29. The number of rotatable bonds is 4. The van der Waals surface area contributed by atoms with E-state index in [1.807, 2.05) is 37.8 Å². The molecule has 3 aromatic heterocycles. The van der Waals surface area contributed by atoms with Crippen LogP contribution in [0, 0.1) is 27.7 Å². The van der Waals surface area contributed by atoms with Crippen molar-refractivity contribution < 1.29 is 9.53 Å². The molecular formula is C20H23N5O2S2. The van der Waals surface area contributed by atoms with Crippen LogP contribution in [0.1, 0.15) is 43.4 Å². The Morgan fingerprint density at radius 2 is 2.03 bits per heavy atom. The number of hydrogen-bond donors (Lipinski definition) is 1. The first kappa shape index (κ1) is 19.9. The van der Waals surface area contributed by atoms with Gasteiger partial charge in [-0.3, -0.25) is 9.78 Å². The van der Waals surface area contributed by atoms with E-state index in [-0.39, 0.29) is 12.0 Å². The fourth-order valence-electron chi connectivity index (χ4n) is 3.24. The largest absolute Gasteiger partial charge is 0.368 e. The Bertz CT molecular complexity index is 1030. The van der Waals surface area contributed by atoms with Crippen LogP contribution in [0.15, 0.2) is 17.6 Å². The third-order valence-electron chi connectivity index (χ3n) is 4.88. The molecule has 0 saturated carbocycles. The number of nitrogens with one attached hydrogen (secondary N) is 1. The molecule has 0 unspecified atom stereocenters. The van der Waals surface area contributed by atoms with Gasteiger partial charge in [-0.2, -0.15) is 0 Å². The van der Waals surface area contributed by atoms with Crippen molar-refractivity contribution in [1.82, 2.24) is 19.9 Å². The molecule has 0 spiro atoms. The SMILES string of the molecule is Cc1cc(Nc2nc(C)c(C)s2)cc([C@@H]2CN(C(=O)c3scnc3C)CCO2)n1. The van der Waals surface area contributed by atoms with Crippen molar-refractivity contribution >= 4 is 39.4 Å². The summed E-state index contributed by atoms with van der Waals surface area (Å²) in [4.78, 5) is 30.0. The molecule has 1 aliphatic rings. The molecule has 1 N–H and O–H groups in total. The quantitative estimate of drug-likeness (QED) is 0.670. The minimum Gasteiger partial charge on any atom is -0.368 e. The second-order valence-corrected chi connectivity index (χ2v) is 9.14. The summed E-state index contributed by atoms with van der Waals surface area (Å²) in [5.74, 6) is 0.0121. The Morgan fingerprint density at radius 3 is 2.72 bits per heavy atom. The smallest absolute Gasteiger partial charge is 0.266 e. The molecule has 4 heterocycles. The minimum absolute atomic E-state index is 0.0121. The summed E-state index contributed by atoms with van der Waals surface area (Å²) in [5, 5.41) is 4.23. The maximum atomic E-state index is 12.9. The van der Waals surface area contributed by atoms with E-state index in [2.05, 4.69) is 27.2 Å². The molecule has 4 rings (SSSR count). The first-order valence-electron chi connectivity index (χ1n) is 9.41. The van der Waals surface area contributed by atoms with Crippen LogP contribution in [0.5, 0.6) is 0 Å². The number of amides is 1. The van der Waals surface area contributed by atoms with Gasteiger partial charge in [-0.25, -0.2) is 9.97 Å². The molecule has 0 bridgehead atoms. The Balaban J connectivity index is 1.53. The van der Waals surface area contributed by atoms with Crippen LogP contribution in [0.25, 0.3) is 0 Å². The molecule has 7 nitrogen and oxygen atoms in total. The van der Waals surface area contributed by atoms with E-state index in [4.69, 9.17) is 4.74 Å². The number of thiazole rings is 2. The molecule has 1 amide bonds. The number of carbonyl (C=O) groups excluding carboxylic acids is 1. The fourth-order valence-corrected chi connectivity index (χ4v) is 4.85. The summed E-state index contributed by atoms with van der Waals surface area (Å²) < 4.78 is 5.97. The lowest BCUT2D eigenvalue weighted by atomic mass is 10.1. The van der Waals surface area contributed by atoms with Crippen LogP contribution in [-0.4, -0.2) is 45.5 Å². The molecule has 1 fully saturated rings. The van der Waals surface area contributed by atoms with Gasteiger partial charge in [0.15, 0.2) is 5.13 Å². The second kappa shape index (κ2) is 8.17. The molecular weight excluding hydrogens is 406 g/mol. The Hall–Kier alpha value is -2.36. The van der Waals surface area contributed by atoms with Crippen LogP contribution in [-0.2, 0) is 4.74 Å². The van der Waals surface area contributed by atoms with Gasteiger partial charge in [-0.1, -0.05) is 0 Å². The summed E-state index contributed by atoms with van der Waals surface area (Å²) in [6, 6.07) is 3.97. The molecule has 1 aliphatic heterocycles. The van der Waals surface area contributed by atoms with E-state index in [1.165, 1.54) is 16.2 Å². The molecule has 9 heteroatoms. The summed E-state index contributed by atoms with van der Waals surface area (Å²) in [6.45, 7) is 9.42. The van der Waals surface area contributed by atoms with Gasteiger partial charge in [-0.05, 0) is 39.8 Å². The monoisotopic (exact) mass is 429 g/mol. The summed E-state index contributed by atoms with van der Waals surface area (Å²) in [7, 11) is 0. The predicted octanol–water partition coefficient (Wildman–Crippen LogP) is 4.19. The van der Waals surface area contributed by atoms with E-state index in [0.29, 0.717) is 24.6 Å². The van der Waals surface area contributed by atoms with Crippen LogP contribution in [0.2, 0.25) is 0 Å². The number of ether oxygens (including phenoxy) is 1. The van der Waals surface area contributed by atoms with Crippen molar-refractivity contribution in [3.05, 3.63) is 50.2 Å². The molecule has 0 radical (unpaired) electrons. The van der Waals surface area contributed by atoms with E-state index in [9.17, 15) is 4.79 Å². The van der Waals surface area contributed by atoms with E-state index in [1.54, 1.807) is 16.8 Å². The molecule has 29 heavy (non-hydrogen) atoms. The fraction of sp³-hybridized carbons (Fsp3) is 0.400. The summed E-state index contributed by atoms with van der Waals surface area (Å²) in [5.41, 5.74) is 6.15. The van der Waals surface area contributed by atoms with Crippen molar-refractivity contribution in [1.29, 1.82) is 0 Å².